The van der Waals surface area contributed by atoms with E-state index in [1.54, 1.807) is 0 Å². The predicted octanol–water partition coefficient (Wildman–Crippen LogP) is -2.95. The van der Waals surface area contributed by atoms with Crippen LogP contribution in [0.1, 0.15) is 0 Å². The van der Waals surface area contributed by atoms with Gasteiger partial charge in [-0.15, -0.1) is 12.4 Å². The van der Waals surface area contributed by atoms with Gasteiger partial charge in [0.1, 0.15) is 0 Å². The molecule has 0 spiro atoms. The molecule has 0 aliphatic carbocycles. The third-order valence-corrected chi connectivity index (χ3v) is 2.17. The van der Waals surface area contributed by atoms with Crippen LogP contribution in [0.2, 0.25) is 0 Å². The standard InChI is InChI=1S/C10H16N2O8.ClH.2K.2H/c13-7(14)3-11(4-8(15)16)1-2-12(5-9(17)18)6-10(19)20;;;;;/h1-6H2,(H,13,14)(H,15,16)(H,17,18)(H,19,20);1H;;;;. The van der Waals surface area contributed by atoms with Crippen LogP contribution in [0.3, 0.4) is 0 Å². The Morgan fingerprint density at radius 3 is 0.870 bits per heavy atom. The summed E-state index contributed by atoms with van der Waals surface area (Å²) in [5.41, 5.74) is 0. The number of hydrogen-bond donors (Lipinski definition) is 4. The number of rotatable bonds is 11. The van der Waals surface area contributed by atoms with Crippen LogP contribution in [0.25, 0.3) is 0 Å². The molecule has 0 amide bonds. The molecule has 0 unspecified atom stereocenters. The fourth-order valence-corrected chi connectivity index (χ4v) is 1.48. The van der Waals surface area contributed by atoms with Crippen molar-refractivity contribution in [2.45, 2.75) is 0 Å². The van der Waals surface area contributed by atoms with E-state index in [4.69, 9.17) is 20.4 Å². The van der Waals surface area contributed by atoms with Crippen LogP contribution in [0, 0.1) is 0 Å². The number of carbonyl (C=O) groups is 4. The molecule has 0 aromatic heterocycles. The first-order valence-electron chi connectivity index (χ1n) is 5.52. The van der Waals surface area contributed by atoms with Gasteiger partial charge in [-0.05, 0) is 0 Å². The van der Waals surface area contributed by atoms with E-state index in [9.17, 15) is 19.2 Å². The Balaban J connectivity index is -0.000000602. The molecule has 0 saturated carbocycles. The molecule has 0 aromatic rings. The predicted molar refractivity (Wildman–Crippen MR) is 85.0 cm³/mol. The average Bonchev–Trinajstić information content (AvgIpc) is 2.22. The topological polar surface area (TPSA) is 156 Å². The number of hydrogen-bond acceptors (Lipinski definition) is 6. The number of halogens is 1. The summed E-state index contributed by atoms with van der Waals surface area (Å²) in [7, 11) is 0. The Morgan fingerprint density at radius 1 is 0.565 bits per heavy atom. The first-order chi connectivity index (χ1) is 9.20. The fraction of sp³-hybridized carbons (Fsp3) is 0.600. The molecule has 126 valence electrons. The van der Waals surface area contributed by atoms with Gasteiger partial charge in [0, 0.05) is 13.1 Å². The van der Waals surface area contributed by atoms with E-state index in [0.717, 1.165) is 9.80 Å². The molecule has 0 heterocycles. The summed E-state index contributed by atoms with van der Waals surface area (Å²) >= 11 is 0. The van der Waals surface area contributed by atoms with Crippen LogP contribution < -0.4 is 0 Å². The van der Waals surface area contributed by atoms with E-state index in [1.807, 2.05) is 0 Å². The normalized spacial score (nSPS) is 9.30. The first kappa shape index (κ1) is 32.1. The van der Waals surface area contributed by atoms with Gasteiger partial charge in [-0.25, -0.2) is 0 Å². The molecule has 0 aliphatic heterocycles. The van der Waals surface area contributed by atoms with Gasteiger partial charge in [-0.2, -0.15) is 0 Å². The Labute approximate surface area is 223 Å². The van der Waals surface area contributed by atoms with Crippen molar-refractivity contribution < 1.29 is 39.6 Å². The summed E-state index contributed by atoms with van der Waals surface area (Å²) in [5, 5.41) is 34.5. The fourth-order valence-electron chi connectivity index (χ4n) is 1.48. The molecule has 0 rings (SSSR count). The van der Waals surface area contributed by atoms with Crippen molar-refractivity contribution in [1.29, 1.82) is 0 Å². The van der Waals surface area contributed by atoms with E-state index in [2.05, 4.69) is 0 Å². The zero-order valence-corrected chi connectivity index (χ0v) is 11.8. The van der Waals surface area contributed by atoms with Gasteiger partial charge in [-0.1, -0.05) is 0 Å². The Morgan fingerprint density at radius 2 is 0.739 bits per heavy atom. The molecule has 0 radical (unpaired) electrons. The molecule has 0 aliphatic rings. The zero-order valence-electron chi connectivity index (χ0n) is 11.0. The van der Waals surface area contributed by atoms with Crippen molar-refractivity contribution in [2.75, 3.05) is 39.3 Å². The van der Waals surface area contributed by atoms with Gasteiger partial charge in [0.05, 0.1) is 26.2 Å². The SMILES string of the molecule is Cl.O=C(O)CN(CCN(CC(=O)O)CC(=O)O)CC(=O)O.[KH].[KH]. The summed E-state index contributed by atoms with van der Waals surface area (Å²) in [5.74, 6) is -4.91. The van der Waals surface area contributed by atoms with Crippen LogP contribution in [0.15, 0.2) is 0 Å². The quantitative estimate of drug-likeness (QED) is 0.261. The average molecular weight is 409 g/mol. The summed E-state index contributed by atoms with van der Waals surface area (Å²) in [4.78, 5) is 44.4. The monoisotopic (exact) mass is 408 g/mol. The Kier molecular flexibility index (Phi) is 25.3. The van der Waals surface area contributed by atoms with Crippen molar-refractivity contribution in [1.82, 2.24) is 9.80 Å². The van der Waals surface area contributed by atoms with Crippen LogP contribution in [-0.2, 0) is 19.2 Å². The molecule has 0 aromatic carbocycles. The van der Waals surface area contributed by atoms with Gasteiger partial charge in [0.15, 0.2) is 0 Å². The van der Waals surface area contributed by atoms with E-state index in [-0.39, 0.29) is 128 Å². The molecule has 13 heteroatoms. The van der Waals surface area contributed by atoms with E-state index in [1.165, 1.54) is 0 Å². The minimum atomic E-state index is -1.23. The van der Waals surface area contributed by atoms with Crippen molar-refractivity contribution in [3.8, 4) is 0 Å². The first-order valence-corrected chi connectivity index (χ1v) is 5.52. The molecule has 23 heavy (non-hydrogen) atoms. The second-order valence-corrected chi connectivity index (χ2v) is 4.00. The molecule has 0 bridgehead atoms. The van der Waals surface area contributed by atoms with Gasteiger partial charge < -0.3 is 20.4 Å². The third kappa shape index (κ3) is 21.3. The molecule has 10 nitrogen and oxygen atoms in total. The molecular weight excluding hydrogens is 390 g/mol. The van der Waals surface area contributed by atoms with Crippen molar-refractivity contribution in [3.63, 3.8) is 0 Å². The zero-order chi connectivity index (χ0) is 15.7. The second-order valence-electron chi connectivity index (χ2n) is 4.00. The summed E-state index contributed by atoms with van der Waals surface area (Å²) in [6, 6.07) is 0. The number of nitrogens with zero attached hydrogens (tertiary/aromatic N) is 2. The van der Waals surface area contributed by atoms with Gasteiger partial charge in [-0.3, -0.25) is 29.0 Å². The van der Waals surface area contributed by atoms with E-state index < -0.39 is 50.1 Å². The van der Waals surface area contributed by atoms with Crippen LogP contribution >= 0.6 is 12.4 Å². The van der Waals surface area contributed by atoms with Crippen LogP contribution in [0.4, 0.5) is 0 Å². The molecule has 0 saturated heterocycles. The number of carboxylic acid groups (broad SMARTS) is 4. The minimum absolute atomic E-state index is 0. The Hall–Kier alpha value is 1.36. The van der Waals surface area contributed by atoms with Gasteiger partial charge >= 0.3 is 127 Å². The summed E-state index contributed by atoms with van der Waals surface area (Å²) in [6.07, 6.45) is 0. The number of aliphatic carboxylic acids is 4. The molecular formula is C10H19ClK2N2O8. The summed E-state index contributed by atoms with van der Waals surface area (Å²) in [6.45, 7) is -2.25. The van der Waals surface area contributed by atoms with Crippen molar-refractivity contribution in [2.24, 2.45) is 0 Å². The van der Waals surface area contributed by atoms with Gasteiger partial charge in [0.2, 0.25) is 0 Å². The summed E-state index contributed by atoms with van der Waals surface area (Å²) < 4.78 is 0. The van der Waals surface area contributed by atoms with Crippen LogP contribution in [-0.4, -0.2) is 196 Å². The Bertz CT molecular complexity index is 331. The third-order valence-electron chi connectivity index (χ3n) is 2.17. The second kappa shape index (κ2) is 18.2. The molecule has 0 fully saturated rings. The molecule has 0 atom stereocenters. The maximum absolute atomic E-state index is 10.6. The van der Waals surface area contributed by atoms with Crippen molar-refractivity contribution in [3.05, 3.63) is 0 Å². The molecule has 4 N–H and O–H groups in total. The van der Waals surface area contributed by atoms with Crippen molar-refractivity contribution >= 4 is 139 Å². The maximum atomic E-state index is 10.6. The van der Waals surface area contributed by atoms with E-state index in [0.29, 0.717) is 0 Å². The number of carboxylic acids is 4. The van der Waals surface area contributed by atoms with Gasteiger partial charge in [0.25, 0.3) is 0 Å². The van der Waals surface area contributed by atoms with Crippen LogP contribution in [0.5, 0.6) is 0 Å². The van der Waals surface area contributed by atoms with E-state index >= 15 is 0 Å².